The molecule has 29 heavy (non-hydrogen) atoms. The molecule has 0 aliphatic rings. The first kappa shape index (κ1) is 23.5. The van der Waals surface area contributed by atoms with Gasteiger partial charge in [-0.15, -0.1) is 0 Å². The lowest BCUT2D eigenvalue weighted by Crippen LogP contribution is -2.36. The zero-order valence-electron chi connectivity index (χ0n) is 16.4. The minimum atomic E-state index is -3.38. The molecule has 2 rings (SSSR count). The molecule has 0 unspecified atom stereocenters. The molecule has 2 N–H and O–H groups in total. The van der Waals surface area contributed by atoms with Gasteiger partial charge in [0, 0.05) is 17.6 Å². The van der Waals surface area contributed by atoms with E-state index in [0.717, 1.165) is 5.56 Å². The Morgan fingerprint density at radius 1 is 1.03 bits per heavy atom. The molecule has 158 valence electrons. The Balaban J connectivity index is 1.88. The summed E-state index contributed by atoms with van der Waals surface area (Å²) < 4.78 is 32.1. The number of benzene rings is 2. The van der Waals surface area contributed by atoms with E-state index in [1.807, 2.05) is 0 Å². The van der Waals surface area contributed by atoms with Gasteiger partial charge in [-0.1, -0.05) is 47.5 Å². The van der Waals surface area contributed by atoms with Crippen LogP contribution in [0.3, 0.4) is 0 Å². The SMILES string of the molecule is CC(C)NS(=O)(=O)Cc1ccc(CNC(=O)[C@H](C)Oc2ccc(Cl)cc2Cl)cc1. The normalized spacial score (nSPS) is 12.6. The first-order valence-corrected chi connectivity index (χ1v) is 11.4. The second kappa shape index (κ2) is 10.3. The molecule has 0 saturated heterocycles. The highest BCUT2D eigenvalue weighted by atomic mass is 35.5. The number of carbonyl (C=O) groups excluding carboxylic acids is 1. The lowest BCUT2D eigenvalue weighted by Gasteiger charge is -2.16. The molecule has 0 radical (unpaired) electrons. The highest BCUT2D eigenvalue weighted by Gasteiger charge is 2.16. The van der Waals surface area contributed by atoms with Gasteiger partial charge in [0.05, 0.1) is 10.8 Å². The molecule has 1 atom stereocenters. The molecule has 0 aromatic heterocycles. The van der Waals surface area contributed by atoms with E-state index in [2.05, 4.69) is 10.0 Å². The molecule has 0 aliphatic heterocycles. The molecular weight excluding hydrogens is 435 g/mol. The van der Waals surface area contributed by atoms with E-state index < -0.39 is 16.1 Å². The third-order valence-corrected chi connectivity index (χ3v) is 5.90. The highest BCUT2D eigenvalue weighted by molar-refractivity contribution is 7.88. The topological polar surface area (TPSA) is 84.5 Å². The van der Waals surface area contributed by atoms with Crippen molar-refractivity contribution in [3.8, 4) is 5.75 Å². The first-order valence-electron chi connectivity index (χ1n) is 9.03. The van der Waals surface area contributed by atoms with Gasteiger partial charge in [-0.25, -0.2) is 13.1 Å². The van der Waals surface area contributed by atoms with E-state index in [4.69, 9.17) is 27.9 Å². The first-order chi connectivity index (χ1) is 13.6. The fourth-order valence-corrected chi connectivity index (χ4v) is 4.41. The lowest BCUT2D eigenvalue weighted by molar-refractivity contribution is -0.127. The van der Waals surface area contributed by atoms with Crippen molar-refractivity contribution in [3.05, 3.63) is 63.6 Å². The second-order valence-electron chi connectivity index (χ2n) is 6.90. The highest BCUT2D eigenvalue weighted by Crippen LogP contribution is 2.28. The molecule has 0 saturated carbocycles. The van der Waals surface area contributed by atoms with Gasteiger partial charge in [0.2, 0.25) is 10.0 Å². The zero-order valence-corrected chi connectivity index (χ0v) is 18.7. The Hall–Kier alpha value is -1.80. The number of sulfonamides is 1. The van der Waals surface area contributed by atoms with Crippen LogP contribution in [-0.4, -0.2) is 26.5 Å². The Kier molecular flexibility index (Phi) is 8.34. The van der Waals surface area contributed by atoms with Gasteiger partial charge in [-0.2, -0.15) is 0 Å². The van der Waals surface area contributed by atoms with E-state index in [9.17, 15) is 13.2 Å². The summed E-state index contributed by atoms with van der Waals surface area (Å²) in [5, 5.41) is 3.59. The van der Waals surface area contributed by atoms with Crippen molar-refractivity contribution < 1.29 is 17.9 Å². The number of ether oxygens (including phenoxy) is 1. The average molecular weight is 459 g/mol. The van der Waals surface area contributed by atoms with Gasteiger partial charge in [-0.3, -0.25) is 4.79 Å². The second-order valence-corrected chi connectivity index (χ2v) is 9.50. The molecule has 1 amide bonds. The Bertz CT molecular complexity index is 947. The van der Waals surface area contributed by atoms with Crippen LogP contribution in [0.25, 0.3) is 0 Å². The molecule has 0 aliphatic carbocycles. The van der Waals surface area contributed by atoms with Crippen molar-refractivity contribution in [2.45, 2.75) is 45.2 Å². The van der Waals surface area contributed by atoms with Gasteiger partial charge < -0.3 is 10.1 Å². The summed E-state index contributed by atoms with van der Waals surface area (Å²) in [6.07, 6.45) is -0.750. The predicted molar refractivity (Wildman–Crippen MR) is 116 cm³/mol. The van der Waals surface area contributed by atoms with Crippen LogP contribution in [0.1, 0.15) is 31.9 Å². The number of halogens is 2. The number of carbonyl (C=O) groups is 1. The van der Waals surface area contributed by atoms with Crippen LogP contribution in [0.15, 0.2) is 42.5 Å². The maximum absolute atomic E-state index is 12.3. The fraction of sp³-hybridized carbons (Fsp3) is 0.350. The summed E-state index contributed by atoms with van der Waals surface area (Å²) in [6, 6.07) is 11.6. The van der Waals surface area contributed by atoms with Crippen LogP contribution in [-0.2, 0) is 27.1 Å². The monoisotopic (exact) mass is 458 g/mol. The van der Waals surface area contributed by atoms with E-state index in [1.165, 1.54) is 0 Å². The number of amides is 1. The smallest absolute Gasteiger partial charge is 0.261 e. The Morgan fingerprint density at radius 2 is 1.66 bits per heavy atom. The largest absolute Gasteiger partial charge is 0.479 e. The van der Waals surface area contributed by atoms with Gasteiger partial charge in [0.25, 0.3) is 5.91 Å². The van der Waals surface area contributed by atoms with Crippen LogP contribution in [0.5, 0.6) is 5.75 Å². The van der Waals surface area contributed by atoms with Gasteiger partial charge in [0.1, 0.15) is 5.75 Å². The van der Waals surface area contributed by atoms with Crippen LogP contribution in [0.2, 0.25) is 10.0 Å². The van der Waals surface area contributed by atoms with Crippen LogP contribution in [0, 0.1) is 0 Å². The quantitative estimate of drug-likeness (QED) is 0.596. The minimum absolute atomic E-state index is 0.0927. The molecule has 0 spiro atoms. The summed E-state index contributed by atoms with van der Waals surface area (Å²) in [7, 11) is -3.38. The van der Waals surface area contributed by atoms with Gasteiger partial charge in [0.15, 0.2) is 6.10 Å². The molecule has 2 aromatic carbocycles. The Labute approximate surface area is 181 Å². The van der Waals surface area contributed by atoms with Crippen molar-refractivity contribution in [3.63, 3.8) is 0 Å². The number of rotatable bonds is 9. The molecule has 9 heteroatoms. The van der Waals surface area contributed by atoms with Crippen molar-refractivity contribution in [2.75, 3.05) is 0 Å². The lowest BCUT2D eigenvalue weighted by atomic mass is 10.1. The number of hydrogen-bond donors (Lipinski definition) is 2. The Morgan fingerprint density at radius 3 is 2.24 bits per heavy atom. The maximum Gasteiger partial charge on any atom is 0.261 e. The van der Waals surface area contributed by atoms with E-state index in [1.54, 1.807) is 63.2 Å². The molecule has 0 fully saturated rings. The third kappa shape index (κ3) is 7.85. The maximum atomic E-state index is 12.3. The molecule has 2 aromatic rings. The molecule has 0 bridgehead atoms. The zero-order chi connectivity index (χ0) is 21.6. The van der Waals surface area contributed by atoms with E-state index in [0.29, 0.717) is 21.4 Å². The van der Waals surface area contributed by atoms with Gasteiger partial charge in [-0.05, 0) is 50.1 Å². The van der Waals surface area contributed by atoms with Crippen molar-refractivity contribution in [1.29, 1.82) is 0 Å². The van der Waals surface area contributed by atoms with Crippen LogP contribution in [0.4, 0.5) is 0 Å². The van der Waals surface area contributed by atoms with E-state index in [-0.39, 0.29) is 24.2 Å². The predicted octanol–water partition coefficient (Wildman–Crippen LogP) is 3.90. The summed E-state index contributed by atoms with van der Waals surface area (Å²) in [5.41, 5.74) is 1.51. The molecule has 6 nitrogen and oxygen atoms in total. The van der Waals surface area contributed by atoms with Crippen molar-refractivity contribution in [1.82, 2.24) is 10.0 Å². The van der Waals surface area contributed by atoms with Crippen LogP contribution < -0.4 is 14.8 Å². The summed E-state index contributed by atoms with van der Waals surface area (Å²) in [6.45, 7) is 5.46. The number of nitrogens with one attached hydrogen (secondary N) is 2. The molecular formula is C20H24Cl2N2O4S. The third-order valence-electron chi connectivity index (χ3n) is 3.83. The number of hydrogen-bond acceptors (Lipinski definition) is 4. The van der Waals surface area contributed by atoms with Crippen molar-refractivity contribution in [2.24, 2.45) is 0 Å². The standard InChI is InChI=1S/C20H24Cl2N2O4S/c1-13(2)24-29(26,27)12-16-6-4-15(5-7-16)11-23-20(25)14(3)28-19-9-8-17(21)10-18(19)22/h4-10,13-14,24H,11-12H2,1-3H3,(H,23,25)/t14-/m0/s1. The molecule has 0 heterocycles. The average Bonchev–Trinajstić information content (AvgIpc) is 2.61. The fourth-order valence-electron chi connectivity index (χ4n) is 2.52. The summed E-state index contributed by atoms with van der Waals surface area (Å²) in [4.78, 5) is 12.3. The van der Waals surface area contributed by atoms with Crippen molar-refractivity contribution >= 4 is 39.1 Å². The minimum Gasteiger partial charge on any atom is -0.479 e. The van der Waals surface area contributed by atoms with E-state index >= 15 is 0 Å². The summed E-state index contributed by atoms with van der Waals surface area (Å²) >= 11 is 11.9. The van der Waals surface area contributed by atoms with Gasteiger partial charge >= 0.3 is 0 Å². The summed E-state index contributed by atoms with van der Waals surface area (Å²) in [5.74, 6) is -0.0204. The van der Waals surface area contributed by atoms with Crippen LogP contribution >= 0.6 is 23.2 Å².